The molecule has 0 saturated heterocycles. The van der Waals surface area contributed by atoms with Gasteiger partial charge in [0.05, 0.1) is 0 Å². The first-order chi connectivity index (χ1) is 14.5. The van der Waals surface area contributed by atoms with E-state index in [4.69, 9.17) is 19.3 Å². The molecule has 0 aromatic rings. The lowest BCUT2D eigenvalue weighted by molar-refractivity contribution is -0.169. The zero-order valence-electron chi connectivity index (χ0n) is 20.7. The normalized spacial score (nSPS) is 14.8. The van der Waals surface area contributed by atoms with Crippen LogP contribution in [0.25, 0.3) is 0 Å². The van der Waals surface area contributed by atoms with Crippen molar-refractivity contribution >= 4 is 29.9 Å². The maximum Gasteiger partial charge on any atom is 0.408 e. The molecule has 0 aliphatic heterocycles. The van der Waals surface area contributed by atoms with Crippen LogP contribution in [-0.4, -0.2) is 70.4 Å². The molecule has 0 aliphatic rings. The number of aliphatic carboxylic acids is 1. The van der Waals surface area contributed by atoms with Crippen LogP contribution in [0.5, 0.6) is 0 Å². The Morgan fingerprint density at radius 3 is 1.48 bits per heavy atom. The van der Waals surface area contributed by atoms with Gasteiger partial charge < -0.3 is 35.4 Å². The van der Waals surface area contributed by atoms with Gasteiger partial charge in [-0.1, -0.05) is 27.7 Å². The summed E-state index contributed by atoms with van der Waals surface area (Å²) in [6.45, 7) is 14.1. The number of carboxylic acids is 1. The van der Waals surface area contributed by atoms with Crippen molar-refractivity contribution in [3.8, 4) is 0 Å². The molecule has 0 spiro atoms. The molecule has 0 heterocycles. The van der Waals surface area contributed by atoms with Gasteiger partial charge in [-0.15, -0.1) is 0 Å². The number of amides is 2. The van der Waals surface area contributed by atoms with E-state index in [0.717, 1.165) is 0 Å². The monoisotopic (exact) mass is 478 g/mol. The van der Waals surface area contributed by atoms with Crippen LogP contribution in [0, 0.1) is 11.8 Å². The van der Waals surface area contributed by atoms with E-state index >= 15 is 0 Å². The fourth-order valence-corrected chi connectivity index (χ4v) is 2.32. The number of alkyl carbamates (subject to hydrolysis) is 1. The first-order valence-electron chi connectivity index (χ1n) is 10.4. The standard InChI is InChI=1S/C21H36N2O9.H2O/c1-10(2)14(30-19(28)13(6)23-20(29)32-21(7,8)9)16(24)22-12(5)18(27)31-15(11(3)4)17(25)26;/h10-15H,1-9H3,(H,22,24)(H,23,29)(H,25,26);1H2/t12-,13-,14-,15-;/m0./s1. The fourth-order valence-electron chi connectivity index (χ4n) is 2.32. The molecule has 2 amide bonds. The first-order valence-corrected chi connectivity index (χ1v) is 10.4. The van der Waals surface area contributed by atoms with E-state index in [0.29, 0.717) is 0 Å². The zero-order valence-corrected chi connectivity index (χ0v) is 20.7. The van der Waals surface area contributed by atoms with E-state index in [2.05, 4.69) is 10.6 Å². The zero-order chi connectivity index (χ0) is 25.4. The summed E-state index contributed by atoms with van der Waals surface area (Å²) in [5, 5.41) is 13.8. The Morgan fingerprint density at radius 1 is 0.727 bits per heavy atom. The van der Waals surface area contributed by atoms with E-state index < -0.39 is 71.6 Å². The van der Waals surface area contributed by atoms with E-state index in [1.165, 1.54) is 13.8 Å². The summed E-state index contributed by atoms with van der Waals surface area (Å²) in [5.41, 5.74) is -0.756. The smallest absolute Gasteiger partial charge is 0.408 e. The predicted octanol–water partition coefficient (Wildman–Crippen LogP) is 0.800. The molecular formula is C21H38N2O10. The van der Waals surface area contributed by atoms with Gasteiger partial charge in [0.1, 0.15) is 17.7 Å². The minimum absolute atomic E-state index is 0. The number of nitrogens with one attached hydrogen (secondary N) is 2. The Kier molecular flexibility index (Phi) is 13.3. The largest absolute Gasteiger partial charge is 0.478 e. The maximum atomic E-state index is 12.6. The minimum atomic E-state index is -1.36. The lowest BCUT2D eigenvalue weighted by atomic mass is 10.1. The molecule has 0 aromatic carbocycles. The maximum absolute atomic E-state index is 12.6. The van der Waals surface area contributed by atoms with Crippen molar-refractivity contribution in [3.05, 3.63) is 0 Å². The van der Waals surface area contributed by atoms with E-state index in [1.54, 1.807) is 48.5 Å². The minimum Gasteiger partial charge on any atom is -0.478 e. The van der Waals surface area contributed by atoms with Crippen molar-refractivity contribution in [2.45, 2.75) is 92.2 Å². The molecule has 192 valence electrons. The Balaban J connectivity index is 0. The summed E-state index contributed by atoms with van der Waals surface area (Å²) >= 11 is 0. The number of carboxylic acid groups (broad SMARTS) is 1. The Hall–Kier alpha value is -2.89. The third kappa shape index (κ3) is 12.1. The molecule has 0 aromatic heterocycles. The molecule has 0 saturated carbocycles. The van der Waals surface area contributed by atoms with Crippen LogP contribution in [0.4, 0.5) is 4.79 Å². The van der Waals surface area contributed by atoms with Gasteiger partial charge in [-0.2, -0.15) is 0 Å². The van der Waals surface area contributed by atoms with E-state index in [-0.39, 0.29) is 5.48 Å². The number of esters is 2. The topological polar surface area (TPSA) is 189 Å². The third-order valence-corrected chi connectivity index (χ3v) is 4.00. The molecule has 4 atom stereocenters. The molecule has 5 N–H and O–H groups in total. The molecule has 12 nitrogen and oxygen atoms in total. The SMILES string of the molecule is CC(C)[C@H](OC(=O)[C@H](C)NC(=O)[C@@H](OC(=O)[C@H](C)NC(=O)OC(C)(C)C)C(C)C)C(=O)O.O. The van der Waals surface area contributed by atoms with E-state index in [9.17, 15) is 24.0 Å². The van der Waals surface area contributed by atoms with Gasteiger partial charge >= 0.3 is 24.0 Å². The van der Waals surface area contributed by atoms with Crippen LogP contribution in [0.1, 0.15) is 62.3 Å². The van der Waals surface area contributed by atoms with Crippen molar-refractivity contribution in [1.82, 2.24) is 10.6 Å². The molecule has 0 aliphatic carbocycles. The molecule has 12 heteroatoms. The summed E-state index contributed by atoms with van der Waals surface area (Å²) in [6, 6.07) is -2.27. The second-order valence-corrected chi connectivity index (χ2v) is 9.14. The molecule has 0 rings (SSSR count). The molecule has 0 bridgehead atoms. The van der Waals surface area contributed by atoms with Crippen LogP contribution < -0.4 is 10.6 Å². The van der Waals surface area contributed by atoms with Crippen LogP contribution in [0.2, 0.25) is 0 Å². The highest BCUT2D eigenvalue weighted by Gasteiger charge is 2.33. The summed E-state index contributed by atoms with van der Waals surface area (Å²) in [4.78, 5) is 60.1. The number of rotatable bonds is 10. The highest BCUT2D eigenvalue weighted by Crippen LogP contribution is 2.12. The lowest BCUT2D eigenvalue weighted by Gasteiger charge is -2.25. The highest BCUT2D eigenvalue weighted by atomic mass is 16.6. The molecular weight excluding hydrogens is 440 g/mol. The number of carbonyl (C=O) groups excluding carboxylic acids is 4. The van der Waals surface area contributed by atoms with Gasteiger partial charge in [-0.3, -0.25) is 4.79 Å². The number of hydrogen-bond acceptors (Lipinski definition) is 8. The van der Waals surface area contributed by atoms with Crippen molar-refractivity contribution < 1.29 is 48.8 Å². The van der Waals surface area contributed by atoms with Gasteiger partial charge in [-0.25, -0.2) is 19.2 Å². The summed E-state index contributed by atoms with van der Waals surface area (Å²) in [6.07, 6.45) is -3.44. The first kappa shape index (κ1) is 32.3. The Morgan fingerprint density at radius 2 is 1.12 bits per heavy atom. The van der Waals surface area contributed by atoms with Gasteiger partial charge in [-0.05, 0) is 40.5 Å². The Labute approximate surface area is 194 Å². The summed E-state index contributed by atoms with van der Waals surface area (Å²) in [5.74, 6) is -4.80. The number of carbonyl (C=O) groups is 5. The number of hydrogen-bond donors (Lipinski definition) is 3. The Bertz CT molecular complexity index is 700. The van der Waals surface area contributed by atoms with Crippen molar-refractivity contribution in [2.24, 2.45) is 11.8 Å². The van der Waals surface area contributed by atoms with Crippen molar-refractivity contribution in [2.75, 3.05) is 0 Å². The molecule has 33 heavy (non-hydrogen) atoms. The van der Waals surface area contributed by atoms with Crippen molar-refractivity contribution in [3.63, 3.8) is 0 Å². The van der Waals surface area contributed by atoms with Gasteiger partial charge in [0.15, 0.2) is 6.10 Å². The fraction of sp³-hybridized carbons (Fsp3) is 0.762. The van der Waals surface area contributed by atoms with Crippen molar-refractivity contribution in [1.29, 1.82) is 0 Å². The molecule has 0 radical (unpaired) electrons. The predicted molar refractivity (Wildman–Crippen MR) is 117 cm³/mol. The average Bonchev–Trinajstić information content (AvgIpc) is 2.60. The summed E-state index contributed by atoms with van der Waals surface area (Å²) < 4.78 is 15.3. The van der Waals surface area contributed by atoms with E-state index in [1.807, 2.05) is 0 Å². The third-order valence-electron chi connectivity index (χ3n) is 4.00. The van der Waals surface area contributed by atoms with Gasteiger partial charge in [0, 0.05) is 5.92 Å². The second kappa shape index (κ2) is 13.6. The quantitative estimate of drug-likeness (QED) is 0.301. The van der Waals surface area contributed by atoms with Crippen LogP contribution >= 0.6 is 0 Å². The average molecular weight is 479 g/mol. The second-order valence-electron chi connectivity index (χ2n) is 9.14. The van der Waals surface area contributed by atoms with Crippen LogP contribution in [0.15, 0.2) is 0 Å². The van der Waals surface area contributed by atoms with Crippen LogP contribution in [0.3, 0.4) is 0 Å². The van der Waals surface area contributed by atoms with Gasteiger partial charge in [0.2, 0.25) is 6.10 Å². The molecule has 0 unspecified atom stereocenters. The lowest BCUT2D eigenvalue weighted by Crippen LogP contribution is -2.50. The van der Waals surface area contributed by atoms with Gasteiger partial charge in [0.25, 0.3) is 5.91 Å². The highest BCUT2D eigenvalue weighted by molar-refractivity contribution is 5.90. The van der Waals surface area contributed by atoms with Crippen LogP contribution in [-0.2, 0) is 33.4 Å². The number of ether oxygens (including phenoxy) is 3. The summed E-state index contributed by atoms with van der Waals surface area (Å²) in [7, 11) is 0. The molecule has 0 fully saturated rings.